The molecule has 0 aromatic carbocycles. The maximum absolute atomic E-state index is 12.1. The summed E-state index contributed by atoms with van der Waals surface area (Å²) in [5.74, 6) is -2.37. The quantitative estimate of drug-likeness (QED) is 0.383. The van der Waals surface area contributed by atoms with E-state index >= 15 is 0 Å². The van der Waals surface area contributed by atoms with E-state index in [1.54, 1.807) is 24.8 Å². The van der Waals surface area contributed by atoms with Crippen molar-refractivity contribution in [3.05, 3.63) is 12.7 Å². The molecule has 1 aliphatic heterocycles. The van der Waals surface area contributed by atoms with E-state index in [1.807, 2.05) is 0 Å². The van der Waals surface area contributed by atoms with Crippen molar-refractivity contribution < 1.29 is 23.9 Å². The van der Waals surface area contributed by atoms with Crippen LogP contribution in [-0.4, -0.2) is 48.5 Å². The molecular formula is C15H23NO5. The van der Waals surface area contributed by atoms with Crippen molar-refractivity contribution in [2.75, 3.05) is 19.8 Å². The van der Waals surface area contributed by atoms with Gasteiger partial charge in [0.05, 0.1) is 19.3 Å². The second-order valence-electron chi connectivity index (χ2n) is 4.75. The van der Waals surface area contributed by atoms with Crippen LogP contribution in [0.1, 0.15) is 33.1 Å². The predicted molar refractivity (Wildman–Crippen MR) is 76.3 cm³/mol. The van der Waals surface area contributed by atoms with Gasteiger partial charge in [0, 0.05) is 13.0 Å². The molecule has 0 aromatic heterocycles. The fourth-order valence-corrected chi connectivity index (χ4v) is 2.50. The summed E-state index contributed by atoms with van der Waals surface area (Å²) in [5, 5.41) is 0. The van der Waals surface area contributed by atoms with Crippen molar-refractivity contribution in [1.82, 2.24) is 4.90 Å². The highest BCUT2D eigenvalue weighted by Gasteiger charge is 2.45. The first-order valence-corrected chi connectivity index (χ1v) is 7.30. The number of carbonyl (C=O) groups is 3. The Labute approximate surface area is 125 Å². The number of nitrogens with zero attached hydrogens (tertiary/aromatic N) is 1. The molecule has 1 amide bonds. The Morgan fingerprint density at radius 2 is 1.90 bits per heavy atom. The van der Waals surface area contributed by atoms with Gasteiger partial charge in [-0.25, -0.2) is 0 Å². The molecule has 1 rings (SSSR count). The summed E-state index contributed by atoms with van der Waals surface area (Å²) in [7, 11) is 0. The zero-order valence-corrected chi connectivity index (χ0v) is 12.7. The average Bonchev–Trinajstić information content (AvgIpc) is 2.79. The second-order valence-corrected chi connectivity index (χ2v) is 4.75. The second kappa shape index (κ2) is 8.44. The summed E-state index contributed by atoms with van der Waals surface area (Å²) in [4.78, 5) is 37.7. The first kappa shape index (κ1) is 17.2. The molecule has 6 heteroatoms. The van der Waals surface area contributed by atoms with E-state index in [1.165, 1.54) is 0 Å². The van der Waals surface area contributed by atoms with Crippen molar-refractivity contribution in [2.45, 2.75) is 39.2 Å². The van der Waals surface area contributed by atoms with Gasteiger partial charge < -0.3 is 14.4 Å². The van der Waals surface area contributed by atoms with Crippen molar-refractivity contribution in [1.29, 1.82) is 0 Å². The first-order valence-electron chi connectivity index (χ1n) is 7.30. The summed E-state index contributed by atoms with van der Waals surface area (Å²) in [6.07, 6.45) is 3.10. The lowest BCUT2D eigenvalue weighted by molar-refractivity contribution is -0.164. The fraction of sp³-hybridized carbons (Fsp3) is 0.667. The van der Waals surface area contributed by atoms with Gasteiger partial charge in [-0.1, -0.05) is 6.08 Å². The molecule has 6 nitrogen and oxygen atoms in total. The summed E-state index contributed by atoms with van der Waals surface area (Å²) in [6.45, 7) is 7.79. The van der Waals surface area contributed by atoms with Gasteiger partial charge in [0.25, 0.3) is 0 Å². The van der Waals surface area contributed by atoms with Crippen molar-refractivity contribution in [3.63, 3.8) is 0 Å². The van der Waals surface area contributed by atoms with E-state index in [4.69, 9.17) is 9.47 Å². The average molecular weight is 297 g/mol. The predicted octanol–water partition coefficient (Wildman–Crippen LogP) is 1.30. The van der Waals surface area contributed by atoms with E-state index in [9.17, 15) is 14.4 Å². The third kappa shape index (κ3) is 4.31. The lowest BCUT2D eigenvalue weighted by atomic mass is 9.97. The Kier molecular flexibility index (Phi) is 6.91. The van der Waals surface area contributed by atoms with Gasteiger partial charge in [0.2, 0.25) is 5.91 Å². The zero-order chi connectivity index (χ0) is 15.8. The Morgan fingerprint density at radius 1 is 1.33 bits per heavy atom. The number of hydrogen-bond donors (Lipinski definition) is 0. The summed E-state index contributed by atoms with van der Waals surface area (Å²) >= 11 is 0. The molecule has 1 heterocycles. The largest absolute Gasteiger partial charge is 0.465 e. The molecule has 1 saturated heterocycles. The highest BCUT2D eigenvalue weighted by atomic mass is 16.6. The third-order valence-corrected chi connectivity index (χ3v) is 3.41. The van der Waals surface area contributed by atoms with Gasteiger partial charge in [-0.15, -0.1) is 6.58 Å². The number of esters is 2. The number of carbonyl (C=O) groups excluding carboxylic acids is 3. The maximum Gasteiger partial charge on any atom is 0.322 e. The van der Waals surface area contributed by atoms with Gasteiger partial charge in [-0.2, -0.15) is 0 Å². The van der Waals surface area contributed by atoms with Crippen LogP contribution in [0.3, 0.4) is 0 Å². The smallest absolute Gasteiger partial charge is 0.322 e. The van der Waals surface area contributed by atoms with Crippen molar-refractivity contribution in [2.24, 2.45) is 5.92 Å². The summed E-state index contributed by atoms with van der Waals surface area (Å²) in [6, 6.07) is -0.490. The molecule has 1 fully saturated rings. The number of amides is 1. The normalized spacial score (nSPS) is 18.0. The van der Waals surface area contributed by atoms with E-state index in [0.717, 1.165) is 0 Å². The Morgan fingerprint density at radius 3 is 2.38 bits per heavy atom. The summed E-state index contributed by atoms with van der Waals surface area (Å²) < 4.78 is 9.95. The van der Waals surface area contributed by atoms with Crippen LogP contribution in [0.15, 0.2) is 12.7 Å². The molecule has 0 aliphatic carbocycles. The van der Waals surface area contributed by atoms with E-state index in [-0.39, 0.29) is 19.1 Å². The Bertz CT molecular complexity index is 389. The minimum absolute atomic E-state index is 0.0551. The summed E-state index contributed by atoms with van der Waals surface area (Å²) in [5.41, 5.74) is 0. The van der Waals surface area contributed by atoms with Crippen LogP contribution in [0.25, 0.3) is 0 Å². The molecule has 0 N–H and O–H groups in total. The zero-order valence-electron chi connectivity index (χ0n) is 12.7. The molecular weight excluding hydrogens is 274 g/mol. The molecule has 118 valence electrons. The maximum atomic E-state index is 12.1. The number of likely N-dealkylation sites (tertiary alicyclic amines) is 1. The van der Waals surface area contributed by atoms with Crippen LogP contribution < -0.4 is 0 Å². The van der Waals surface area contributed by atoms with Gasteiger partial charge in [0.15, 0.2) is 5.92 Å². The molecule has 1 atom stereocenters. The highest BCUT2D eigenvalue weighted by molar-refractivity contribution is 5.97. The molecule has 0 radical (unpaired) electrons. The lowest BCUT2D eigenvalue weighted by Gasteiger charge is -2.29. The standard InChI is InChI=1S/C15H23NO5/c1-4-7-10-16-11(8-9-12(16)17)13(14(18)20-5-2)15(19)21-6-3/h4,11,13H,1,5-10H2,2-3H3. The minimum Gasteiger partial charge on any atom is -0.465 e. The van der Waals surface area contributed by atoms with Crippen LogP contribution >= 0.6 is 0 Å². The third-order valence-electron chi connectivity index (χ3n) is 3.41. The van der Waals surface area contributed by atoms with Crippen LogP contribution in [0.2, 0.25) is 0 Å². The number of rotatable bonds is 8. The molecule has 0 spiro atoms. The topological polar surface area (TPSA) is 72.9 Å². The fourth-order valence-electron chi connectivity index (χ4n) is 2.50. The van der Waals surface area contributed by atoms with Gasteiger partial charge >= 0.3 is 11.9 Å². The molecule has 0 saturated carbocycles. The minimum atomic E-state index is -1.07. The van der Waals surface area contributed by atoms with Crippen molar-refractivity contribution in [3.8, 4) is 0 Å². The Balaban J connectivity index is 2.94. The molecule has 1 unspecified atom stereocenters. The molecule has 0 aromatic rings. The van der Waals surface area contributed by atoms with Gasteiger partial charge in [-0.3, -0.25) is 14.4 Å². The van der Waals surface area contributed by atoms with Crippen LogP contribution in [0, 0.1) is 5.92 Å². The Hall–Kier alpha value is -1.85. The van der Waals surface area contributed by atoms with Crippen molar-refractivity contribution >= 4 is 17.8 Å². The molecule has 1 aliphatic rings. The highest BCUT2D eigenvalue weighted by Crippen LogP contribution is 2.27. The van der Waals surface area contributed by atoms with Crippen LogP contribution in [0.4, 0.5) is 0 Å². The SMILES string of the molecule is C=CCCN1C(=O)CCC1C(C(=O)OCC)C(=O)OCC. The monoisotopic (exact) mass is 297 g/mol. The molecule has 0 bridgehead atoms. The van der Waals surface area contributed by atoms with Crippen LogP contribution in [-0.2, 0) is 23.9 Å². The van der Waals surface area contributed by atoms with Gasteiger partial charge in [0.1, 0.15) is 0 Å². The van der Waals surface area contributed by atoms with E-state index in [0.29, 0.717) is 25.8 Å². The number of ether oxygens (including phenoxy) is 2. The van der Waals surface area contributed by atoms with Gasteiger partial charge in [-0.05, 0) is 26.7 Å². The van der Waals surface area contributed by atoms with E-state index < -0.39 is 23.9 Å². The van der Waals surface area contributed by atoms with Crippen LogP contribution in [0.5, 0.6) is 0 Å². The van der Waals surface area contributed by atoms with E-state index in [2.05, 4.69) is 6.58 Å². The number of hydrogen-bond acceptors (Lipinski definition) is 5. The first-order chi connectivity index (χ1) is 10.1. The molecule has 21 heavy (non-hydrogen) atoms. The lowest BCUT2D eigenvalue weighted by Crippen LogP contribution is -2.46.